The molecule has 0 bridgehead atoms. The molecule has 0 radical (unpaired) electrons. The molecular formula is C52H32N2. The van der Waals surface area contributed by atoms with Gasteiger partial charge in [-0.2, -0.15) is 0 Å². The minimum Gasteiger partial charge on any atom is -0.256 e. The van der Waals surface area contributed by atoms with Crippen molar-refractivity contribution in [3.63, 3.8) is 0 Å². The van der Waals surface area contributed by atoms with E-state index in [0.717, 1.165) is 49.9 Å². The van der Waals surface area contributed by atoms with E-state index in [2.05, 4.69) is 181 Å². The standard InChI is InChI=1S/C52H32N2/c1-3-15-37-35(13-1)29-46(41-19-7-5-17-39(37)41)47-31-49-45(33-24-26-34(27-25-33)50-23-11-12-28-53-50)32-51(54-52(49)44-22-10-9-21-43(44)47)48-30-36-14-2-4-16-38(36)40-18-6-8-20-42(40)48/h1-32H. The highest BCUT2D eigenvalue weighted by Gasteiger charge is 2.19. The summed E-state index contributed by atoms with van der Waals surface area (Å²) in [5.74, 6) is 0. The Morgan fingerprint density at radius 1 is 0.278 bits per heavy atom. The van der Waals surface area contributed by atoms with Crippen molar-refractivity contribution in [3.05, 3.63) is 194 Å². The van der Waals surface area contributed by atoms with Crippen molar-refractivity contribution in [2.24, 2.45) is 0 Å². The van der Waals surface area contributed by atoms with Crippen molar-refractivity contribution in [3.8, 4) is 44.8 Å². The van der Waals surface area contributed by atoms with E-state index in [1.807, 2.05) is 18.3 Å². The Morgan fingerprint density at radius 3 is 1.39 bits per heavy atom. The van der Waals surface area contributed by atoms with Crippen LogP contribution in [0, 0.1) is 0 Å². The molecule has 2 nitrogen and oxygen atoms in total. The van der Waals surface area contributed by atoms with Crippen LogP contribution in [0.4, 0.5) is 0 Å². The molecule has 0 aliphatic rings. The molecule has 11 aromatic rings. The molecule has 11 rings (SSSR count). The van der Waals surface area contributed by atoms with Crippen LogP contribution >= 0.6 is 0 Å². The average Bonchev–Trinajstić information content (AvgIpc) is 3.25. The Labute approximate surface area is 312 Å². The first kappa shape index (κ1) is 30.5. The molecule has 2 aromatic heterocycles. The fraction of sp³-hybridized carbons (Fsp3) is 0. The summed E-state index contributed by atoms with van der Waals surface area (Å²) in [6.45, 7) is 0. The summed E-state index contributed by atoms with van der Waals surface area (Å²) in [7, 11) is 0. The van der Waals surface area contributed by atoms with Crippen LogP contribution in [-0.4, -0.2) is 9.97 Å². The number of nitrogens with zero attached hydrogens (tertiary/aromatic N) is 2. The Balaban J connectivity index is 1.25. The number of hydrogen-bond donors (Lipinski definition) is 0. The molecule has 2 heterocycles. The second-order valence-corrected chi connectivity index (χ2v) is 14.1. The van der Waals surface area contributed by atoms with Crippen molar-refractivity contribution >= 4 is 64.8 Å². The normalized spacial score (nSPS) is 11.7. The Bertz CT molecular complexity index is 3250. The van der Waals surface area contributed by atoms with Crippen LogP contribution in [0.5, 0.6) is 0 Å². The van der Waals surface area contributed by atoms with E-state index in [-0.39, 0.29) is 0 Å². The van der Waals surface area contributed by atoms with Crippen LogP contribution in [0.2, 0.25) is 0 Å². The third kappa shape index (κ3) is 4.81. The van der Waals surface area contributed by atoms with Gasteiger partial charge in [0.1, 0.15) is 0 Å². The zero-order valence-electron chi connectivity index (χ0n) is 29.4. The molecule has 0 aliphatic heterocycles. The third-order valence-electron chi connectivity index (χ3n) is 11.1. The lowest BCUT2D eigenvalue weighted by atomic mass is 9.87. The number of rotatable bonds is 4. The molecule has 54 heavy (non-hydrogen) atoms. The van der Waals surface area contributed by atoms with Crippen LogP contribution in [-0.2, 0) is 0 Å². The Hall–Kier alpha value is -7.16. The lowest BCUT2D eigenvalue weighted by molar-refractivity contribution is 1.33. The van der Waals surface area contributed by atoms with Crippen LogP contribution in [0.25, 0.3) is 110 Å². The predicted octanol–water partition coefficient (Wildman–Crippen LogP) is 14.1. The number of hydrogen-bond acceptors (Lipinski definition) is 2. The van der Waals surface area contributed by atoms with Gasteiger partial charge in [0.2, 0.25) is 0 Å². The summed E-state index contributed by atoms with van der Waals surface area (Å²) in [5, 5.41) is 13.3. The highest BCUT2D eigenvalue weighted by Crippen LogP contribution is 2.44. The van der Waals surface area contributed by atoms with Gasteiger partial charge in [0.15, 0.2) is 0 Å². The molecule has 2 heteroatoms. The fourth-order valence-corrected chi connectivity index (χ4v) is 8.55. The quantitative estimate of drug-likeness (QED) is 0.172. The lowest BCUT2D eigenvalue weighted by Gasteiger charge is -2.18. The molecule has 0 atom stereocenters. The first-order chi connectivity index (χ1) is 26.8. The summed E-state index contributed by atoms with van der Waals surface area (Å²) in [6.07, 6.45) is 1.85. The van der Waals surface area contributed by atoms with Crippen molar-refractivity contribution in [1.82, 2.24) is 9.97 Å². The molecule has 0 N–H and O–H groups in total. The molecular weight excluding hydrogens is 653 g/mol. The van der Waals surface area contributed by atoms with Gasteiger partial charge >= 0.3 is 0 Å². The Morgan fingerprint density at radius 2 is 0.759 bits per heavy atom. The van der Waals surface area contributed by atoms with Gasteiger partial charge in [-0.25, -0.2) is 4.98 Å². The minimum atomic E-state index is 0.960. The summed E-state index contributed by atoms with van der Waals surface area (Å²) >= 11 is 0. The maximum absolute atomic E-state index is 5.62. The SMILES string of the molecule is c1ccc(-c2ccc(-c3cc(-c4cc5ccccc5c5ccccc45)nc4c3cc(-c3cc5ccccc5c5ccccc35)c3ccccc34)cc2)nc1. The smallest absolute Gasteiger partial charge is 0.0794 e. The molecule has 0 fully saturated rings. The molecule has 0 saturated carbocycles. The third-order valence-corrected chi connectivity index (χ3v) is 11.1. The van der Waals surface area contributed by atoms with E-state index in [1.54, 1.807) is 0 Å². The van der Waals surface area contributed by atoms with Crippen molar-refractivity contribution < 1.29 is 0 Å². The van der Waals surface area contributed by atoms with Gasteiger partial charge in [-0.1, -0.05) is 152 Å². The molecule has 0 unspecified atom stereocenters. The highest BCUT2D eigenvalue weighted by atomic mass is 14.7. The molecule has 0 amide bonds. The van der Waals surface area contributed by atoms with Gasteiger partial charge in [-0.15, -0.1) is 0 Å². The number of pyridine rings is 2. The molecule has 0 spiro atoms. The van der Waals surface area contributed by atoms with E-state index in [4.69, 9.17) is 4.98 Å². The Kier molecular flexibility index (Phi) is 6.90. The number of aromatic nitrogens is 2. The molecule has 250 valence electrons. The zero-order chi connectivity index (χ0) is 35.6. The van der Waals surface area contributed by atoms with E-state index < -0.39 is 0 Å². The van der Waals surface area contributed by atoms with E-state index in [0.29, 0.717) is 0 Å². The first-order valence-corrected chi connectivity index (χ1v) is 18.5. The maximum atomic E-state index is 5.62. The second-order valence-electron chi connectivity index (χ2n) is 14.1. The summed E-state index contributed by atoms with van der Waals surface area (Å²) < 4.78 is 0. The molecule has 0 aliphatic carbocycles. The minimum absolute atomic E-state index is 0.960. The average molecular weight is 685 g/mol. The van der Waals surface area contributed by atoms with Gasteiger partial charge in [0, 0.05) is 28.1 Å². The molecule has 9 aromatic carbocycles. The van der Waals surface area contributed by atoms with Gasteiger partial charge in [0.25, 0.3) is 0 Å². The number of fused-ring (bicyclic) bond motifs is 9. The van der Waals surface area contributed by atoms with E-state index >= 15 is 0 Å². The topological polar surface area (TPSA) is 25.8 Å². The van der Waals surface area contributed by atoms with Gasteiger partial charge < -0.3 is 0 Å². The van der Waals surface area contributed by atoms with Crippen LogP contribution in [0.3, 0.4) is 0 Å². The van der Waals surface area contributed by atoms with E-state index in [9.17, 15) is 0 Å². The summed E-state index contributed by atoms with van der Waals surface area (Å²) in [5.41, 5.74) is 9.86. The first-order valence-electron chi connectivity index (χ1n) is 18.5. The van der Waals surface area contributed by atoms with Gasteiger partial charge in [-0.05, 0) is 107 Å². The molecule has 0 saturated heterocycles. The second kappa shape index (κ2) is 12.2. The van der Waals surface area contributed by atoms with Crippen molar-refractivity contribution in [1.29, 1.82) is 0 Å². The monoisotopic (exact) mass is 684 g/mol. The lowest BCUT2D eigenvalue weighted by Crippen LogP contribution is -1.95. The fourth-order valence-electron chi connectivity index (χ4n) is 8.55. The predicted molar refractivity (Wildman–Crippen MR) is 229 cm³/mol. The van der Waals surface area contributed by atoms with E-state index in [1.165, 1.54) is 59.6 Å². The maximum Gasteiger partial charge on any atom is 0.0794 e. The van der Waals surface area contributed by atoms with Crippen LogP contribution in [0.1, 0.15) is 0 Å². The summed E-state index contributed by atoms with van der Waals surface area (Å²) in [4.78, 5) is 10.2. The highest BCUT2D eigenvalue weighted by molar-refractivity contribution is 6.22. The van der Waals surface area contributed by atoms with Crippen molar-refractivity contribution in [2.45, 2.75) is 0 Å². The van der Waals surface area contributed by atoms with Crippen LogP contribution < -0.4 is 0 Å². The number of benzene rings is 9. The van der Waals surface area contributed by atoms with Crippen LogP contribution in [0.15, 0.2) is 194 Å². The largest absolute Gasteiger partial charge is 0.256 e. The van der Waals surface area contributed by atoms with Crippen molar-refractivity contribution in [2.75, 3.05) is 0 Å². The zero-order valence-corrected chi connectivity index (χ0v) is 29.4. The van der Waals surface area contributed by atoms with Gasteiger partial charge in [-0.3, -0.25) is 4.98 Å². The summed E-state index contributed by atoms with van der Waals surface area (Å²) in [6, 6.07) is 68.0. The van der Waals surface area contributed by atoms with Gasteiger partial charge in [0.05, 0.1) is 16.9 Å².